The monoisotopic (exact) mass is 300 g/mol. The molecule has 2 aliphatic heterocycles. The van der Waals surface area contributed by atoms with Gasteiger partial charge in [-0.15, -0.1) is 0 Å². The van der Waals surface area contributed by atoms with Crippen molar-refractivity contribution < 1.29 is 0 Å². The van der Waals surface area contributed by atoms with Gasteiger partial charge >= 0.3 is 0 Å². The normalized spacial score (nSPS) is 29.4. The highest BCUT2D eigenvalue weighted by molar-refractivity contribution is 5.33. The number of aromatic nitrogens is 2. The van der Waals surface area contributed by atoms with Crippen molar-refractivity contribution in [2.75, 3.05) is 37.6 Å². The number of likely N-dealkylation sites (tertiary alicyclic amines) is 1. The van der Waals surface area contributed by atoms with Crippen LogP contribution in [0.15, 0.2) is 12.4 Å². The minimum absolute atomic E-state index is 0.500. The molecule has 1 aliphatic carbocycles. The number of hydrogen-bond donors (Lipinski definition) is 0. The molecular formula is C18H28N4. The maximum Gasteiger partial charge on any atom is 0.225 e. The average Bonchev–Trinajstić information content (AvgIpc) is 3.27. The molecule has 2 saturated heterocycles. The van der Waals surface area contributed by atoms with Crippen LogP contribution in [0.4, 0.5) is 5.95 Å². The Hall–Kier alpha value is -1.16. The third-order valence-electron chi connectivity index (χ3n) is 5.77. The molecule has 120 valence electrons. The van der Waals surface area contributed by atoms with Gasteiger partial charge < -0.3 is 9.80 Å². The Kier molecular flexibility index (Phi) is 3.81. The molecule has 1 spiro atoms. The van der Waals surface area contributed by atoms with Crippen LogP contribution in [0.1, 0.15) is 44.6 Å². The first kappa shape index (κ1) is 14.4. The molecule has 4 heteroatoms. The Labute approximate surface area is 133 Å². The van der Waals surface area contributed by atoms with Crippen LogP contribution in [-0.4, -0.2) is 47.6 Å². The van der Waals surface area contributed by atoms with E-state index in [9.17, 15) is 0 Å². The fourth-order valence-electron chi connectivity index (χ4n) is 4.26. The Bertz CT molecular complexity index is 510. The molecule has 1 saturated carbocycles. The summed E-state index contributed by atoms with van der Waals surface area (Å²) in [6.45, 7) is 8.40. The van der Waals surface area contributed by atoms with E-state index in [-0.39, 0.29) is 0 Å². The van der Waals surface area contributed by atoms with Crippen molar-refractivity contribution in [3.05, 3.63) is 18.0 Å². The lowest BCUT2D eigenvalue weighted by Crippen LogP contribution is -2.45. The maximum atomic E-state index is 4.59. The molecule has 3 fully saturated rings. The molecule has 1 aromatic heterocycles. The minimum atomic E-state index is 0.500. The van der Waals surface area contributed by atoms with Crippen LogP contribution < -0.4 is 4.90 Å². The first-order chi connectivity index (χ1) is 10.8. The van der Waals surface area contributed by atoms with Crippen LogP contribution in [0.5, 0.6) is 0 Å². The second-order valence-corrected chi connectivity index (χ2v) is 7.70. The molecule has 0 N–H and O–H groups in total. The van der Waals surface area contributed by atoms with Gasteiger partial charge in [-0.2, -0.15) is 0 Å². The van der Waals surface area contributed by atoms with Gasteiger partial charge in [-0.1, -0.05) is 6.92 Å². The Morgan fingerprint density at radius 2 is 1.95 bits per heavy atom. The fraction of sp³-hybridized carbons (Fsp3) is 0.778. The molecule has 3 aliphatic rings. The maximum absolute atomic E-state index is 4.59. The number of piperidine rings is 1. The fourth-order valence-corrected chi connectivity index (χ4v) is 4.26. The van der Waals surface area contributed by atoms with Crippen molar-refractivity contribution in [3.63, 3.8) is 0 Å². The summed E-state index contributed by atoms with van der Waals surface area (Å²) in [5.41, 5.74) is 1.73. The number of aryl methyl sites for hydroxylation is 1. The zero-order chi connectivity index (χ0) is 15.0. The van der Waals surface area contributed by atoms with Crippen LogP contribution in [-0.2, 0) is 6.42 Å². The van der Waals surface area contributed by atoms with Gasteiger partial charge in [0.2, 0.25) is 5.95 Å². The molecule has 0 amide bonds. The first-order valence-electron chi connectivity index (χ1n) is 9.05. The van der Waals surface area contributed by atoms with E-state index in [0.717, 1.165) is 31.4 Å². The predicted octanol–water partition coefficient (Wildman–Crippen LogP) is 2.74. The van der Waals surface area contributed by atoms with Crippen LogP contribution in [0.2, 0.25) is 0 Å². The molecule has 1 aromatic rings. The van der Waals surface area contributed by atoms with Crippen LogP contribution in [0, 0.1) is 11.3 Å². The summed E-state index contributed by atoms with van der Waals surface area (Å²) in [5, 5.41) is 0. The number of rotatable bonds is 4. The smallest absolute Gasteiger partial charge is 0.225 e. The SMILES string of the molecule is CCc1cnc(N2CC[C@@]3(CCCN(CC4CC4)C3)C2)nc1. The zero-order valence-corrected chi connectivity index (χ0v) is 13.8. The first-order valence-corrected chi connectivity index (χ1v) is 9.05. The van der Waals surface area contributed by atoms with E-state index in [2.05, 4.69) is 26.7 Å². The van der Waals surface area contributed by atoms with Crippen LogP contribution in [0.25, 0.3) is 0 Å². The zero-order valence-electron chi connectivity index (χ0n) is 13.8. The number of nitrogens with zero attached hydrogens (tertiary/aromatic N) is 4. The van der Waals surface area contributed by atoms with Gasteiger partial charge in [0.1, 0.15) is 0 Å². The van der Waals surface area contributed by atoms with E-state index in [4.69, 9.17) is 0 Å². The Morgan fingerprint density at radius 3 is 2.68 bits per heavy atom. The summed E-state index contributed by atoms with van der Waals surface area (Å²) in [6, 6.07) is 0. The summed E-state index contributed by atoms with van der Waals surface area (Å²) in [4.78, 5) is 14.3. The summed E-state index contributed by atoms with van der Waals surface area (Å²) in [5.74, 6) is 1.95. The summed E-state index contributed by atoms with van der Waals surface area (Å²) in [6.07, 6.45) is 12.0. The molecule has 0 aromatic carbocycles. The van der Waals surface area contributed by atoms with Gasteiger partial charge in [0, 0.05) is 44.0 Å². The molecule has 22 heavy (non-hydrogen) atoms. The molecule has 0 unspecified atom stereocenters. The topological polar surface area (TPSA) is 32.3 Å². The lowest BCUT2D eigenvalue weighted by atomic mass is 9.79. The molecule has 4 rings (SSSR count). The average molecular weight is 300 g/mol. The number of hydrogen-bond acceptors (Lipinski definition) is 4. The highest BCUT2D eigenvalue weighted by atomic mass is 15.3. The molecule has 4 nitrogen and oxygen atoms in total. The van der Waals surface area contributed by atoms with Gasteiger partial charge in [0.05, 0.1) is 0 Å². The summed E-state index contributed by atoms with van der Waals surface area (Å²) >= 11 is 0. The van der Waals surface area contributed by atoms with E-state index >= 15 is 0 Å². The van der Waals surface area contributed by atoms with E-state index < -0.39 is 0 Å². The standard InChI is InChI=1S/C18H28N4/c1-2-15-10-19-17(20-11-15)22-9-7-18(14-22)6-3-8-21(13-18)12-16-4-5-16/h10-11,16H,2-9,12-14H2,1H3/t18-/m1/s1. The van der Waals surface area contributed by atoms with E-state index in [1.54, 1.807) is 0 Å². The molecular weight excluding hydrogens is 272 g/mol. The second kappa shape index (κ2) is 5.80. The molecule has 0 bridgehead atoms. The van der Waals surface area contributed by atoms with E-state index in [1.807, 2.05) is 12.4 Å². The van der Waals surface area contributed by atoms with Gasteiger partial charge in [-0.3, -0.25) is 0 Å². The third kappa shape index (κ3) is 2.98. The second-order valence-electron chi connectivity index (χ2n) is 7.70. The molecule has 0 radical (unpaired) electrons. The van der Waals surface area contributed by atoms with Gasteiger partial charge in [0.25, 0.3) is 0 Å². The predicted molar refractivity (Wildman–Crippen MR) is 89.1 cm³/mol. The van der Waals surface area contributed by atoms with Crippen molar-refractivity contribution in [1.29, 1.82) is 0 Å². The lowest BCUT2D eigenvalue weighted by molar-refractivity contribution is 0.101. The van der Waals surface area contributed by atoms with Gasteiger partial charge in [-0.05, 0) is 56.6 Å². The third-order valence-corrected chi connectivity index (χ3v) is 5.77. The van der Waals surface area contributed by atoms with Crippen molar-refractivity contribution in [2.45, 2.75) is 45.4 Å². The Balaban J connectivity index is 1.41. The van der Waals surface area contributed by atoms with Crippen LogP contribution in [0.3, 0.4) is 0 Å². The van der Waals surface area contributed by atoms with E-state index in [1.165, 1.54) is 57.3 Å². The number of anilines is 1. The van der Waals surface area contributed by atoms with E-state index in [0.29, 0.717) is 5.41 Å². The van der Waals surface area contributed by atoms with Crippen molar-refractivity contribution in [2.24, 2.45) is 11.3 Å². The molecule has 1 atom stereocenters. The van der Waals surface area contributed by atoms with Crippen LogP contribution >= 0.6 is 0 Å². The highest BCUT2D eigenvalue weighted by Gasteiger charge is 2.42. The van der Waals surface area contributed by atoms with Crippen molar-refractivity contribution >= 4 is 5.95 Å². The lowest BCUT2D eigenvalue weighted by Gasteiger charge is -2.40. The van der Waals surface area contributed by atoms with Gasteiger partial charge in [-0.25, -0.2) is 9.97 Å². The Morgan fingerprint density at radius 1 is 1.14 bits per heavy atom. The largest absolute Gasteiger partial charge is 0.340 e. The van der Waals surface area contributed by atoms with Crippen molar-refractivity contribution in [3.8, 4) is 0 Å². The quantitative estimate of drug-likeness (QED) is 0.856. The summed E-state index contributed by atoms with van der Waals surface area (Å²) < 4.78 is 0. The minimum Gasteiger partial charge on any atom is -0.340 e. The molecule has 3 heterocycles. The summed E-state index contributed by atoms with van der Waals surface area (Å²) in [7, 11) is 0. The van der Waals surface area contributed by atoms with Gasteiger partial charge in [0.15, 0.2) is 0 Å². The van der Waals surface area contributed by atoms with Crippen molar-refractivity contribution in [1.82, 2.24) is 14.9 Å². The highest BCUT2D eigenvalue weighted by Crippen LogP contribution is 2.41.